The van der Waals surface area contributed by atoms with Crippen LogP contribution in [0, 0.1) is 6.92 Å². The molecule has 2 atom stereocenters. The molecule has 2 aliphatic rings. The number of ether oxygens (including phenoxy) is 1. The van der Waals surface area contributed by atoms with Crippen LogP contribution >= 0.6 is 0 Å². The molecule has 3 heteroatoms. The van der Waals surface area contributed by atoms with Crippen LogP contribution in [0.25, 0.3) is 0 Å². The first-order valence-corrected chi connectivity index (χ1v) is 8.81. The van der Waals surface area contributed by atoms with Crippen LogP contribution in [0.4, 0.5) is 0 Å². The van der Waals surface area contributed by atoms with Crippen molar-refractivity contribution in [2.24, 2.45) is 0 Å². The number of hydrogen-bond acceptors (Lipinski definition) is 2. The fourth-order valence-electron chi connectivity index (χ4n) is 3.99. The lowest BCUT2D eigenvalue weighted by atomic mass is 9.86. The highest BCUT2D eigenvalue weighted by molar-refractivity contribution is 5.82. The fourth-order valence-corrected chi connectivity index (χ4v) is 3.99. The highest BCUT2D eigenvalue weighted by atomic mass is 16.5. The second-order valence-electron chi connectivity index (χ2n) is 6.74. The van der Waals surface area contributed by atoms with E-state index in [4.69, 9.17) is 4.74 Å². The van der Waals surface area contributed by atoms with Crippen molar-refractivity contribution < 1.29 is 9.53 Å². The van der Waals surface area contributed by atoms with Crippen LogP contribution in [0.3, 0.4) is 0 Å². The fraction of sp³-hybridized carbons (Fsp3) is 0.381. The average molecular weight is 321 g/mol. The first kappa shape index (κ1) is 15.4. The van der Waals surface area contributed by atoms with E-state index in [1.54, 1.807) is 0 Å². The van der Waals surface area contributed by atoms with E-state index >= 15 is 0 Å². The van der Waals surface area contributed by atoms with Gasteiger partial charge in [0, 0.05) is 13.2 Å². The molecule has 124 valence electrons. The van der Waals surface area contributed by atoms with E-state index < -0.39 is 0 Å². The molecule has 0 radical (unpaired) electrons. The zero-order valence-corrected chi connectivity index (χ0v) is 14.1. The Balaban J connectivity index is 1.78. The smallest absolute Gasteiger partial charge is 0.252 e. The van der Waals surface area contributed by atoms with Crippen LogP contribution in [0.5, 0.6) is 0 Å². The Hall–Kier alpha value is -2.13. The van der Waals surface area contributed by atoms with E-state index in [1.165, 1.54) is 22.3 Å². The van der Waals surface area contributed by atoms with Crippen molar-refractivity contribution in [3.8, 4) is 0 Å². The zero-order valence-electron chi connectivity index (χ0n) is 14.1. The number of rotatable bonds is 2. The van der Waals surface area contributed by atoms with Crippen molar-refractivity contribution in [2.45, 2.75) is 38.3 Å². The largest absolute Gasteiger partial charge is 0.368 e. The molecule has 0 saturated carbocycles. The van der Waals surface area contributed by atoms with E-state index in [2.05, 4.69) is 55.5 Å². The van der Waals surface area contributed by atoms with Crippen LogP contribution < -0.4 is 0 Å². The van der Waals surface area contributed by atoms with E-state index in [0.29, 0.717) is 6.61 Å². The third-order valence-corrected chi connectivity index (χ3v) is 5.25. The van der Waals surface area contributed by atoms with Gasteiger partial charge < -0.3 is 9.64 Å². The van der Waals surface area contributed by atoms with Crippen LogP contribution in [-0.2, 0) is 16.0 Å². The monoisotopic (exact) mass is 321 g/mol. The summed E-state index contributed by atoms with van der Waals surface area (Å²) in [5, 5.41) is 0. The van der Waals surface area contributed by atoms with Crippen molar-refractivity contribution in [3.63, 3.8) is 0 Å². The van der Waals surface area contributed by atoms with Crippen molar-refractivity contribution >= 4 is 5.91 Å². The minimum atomic E-state index is -0.262. The summed E-state index contributed by atoms with van der Waals surface area (Å²) >= 11 is 0. The number of benzene rings is 2. The maximum absolute atomic E-state index is 13.1. The zero-order chi connectivity index (χ0) is 16.5. The summed E-state index contributed by atoms with van der Waals surface area (Å²) in [4.78, 5) is 15.1. The molecule has 1 amide bonds. The van der Waals surface area contributed by atoms with E-state index in [-0.39, 0.29) is 18.1 Å². The standard InChI is InChI=1S/C21H23NO2/c1-15-7-2-4-9-17(15)20-18-10-5-3-8-16(18)12-13-22(20)21(23)19-11-6-14-24-19/h2-5,7-10,19-20H,6,11-14H2,1H3. The summed E-state index contributed by atoms with van der Waals surface area (Å²) in [7, 11) is 0. The minimum Gasteiger partial charge on any atom is -0.368 e. The molecule has 1 fully saturated rings. The van der Waals surface area contributed by atoms with Gasteiger partial charge in [0.25, 0.3) is 5.91 Å². The predicted octanol–water partition coefficient (Wildman–Crippen LogP) is 3.65. The highest BCUT2D eigenvalue weighted by Crippen LogP contribution is 2.37. The molecule has 3 nitrogen and oxygen atoms in total. The third kappa shape index (κ3) is 2.63. The quantitative estimate of drug-likeness (QED) is 0.845. The van der Waals surface area contributed by atoms with Crippen molar-refractivity contribution in [2.75, 3.05) is 13.2 Å². The van der Waals surface area contributed by atoms with Gasteiger partial charge in [-0.3, -0.25) is 4.79 Å². The number of fused-ring (bicyclic) bond motifs is 1. The number of carbonyl (C=O) groups is 1. The van der Waals surface area contributed by atoms with Crippen LogP contribution in [0.15, 0.2) is 48.5 Å². The molecular weight excluding hydrogens is 298 g/mol. The lowest BCUT2D eigenvalue weighted by Crippen LogP contribution is -2.45. The summed E-state index contributed by atoms with van der Waals surface area (Å²) in [6.07, 6.45) is 2.48. The van der Waals surface area contributed by atoms with Crippen LogP contribution in [0.2, 0.25) is 0 Å². The van der Waals surface area contributed by atoms with E-state index in [1.807, 2.05) is 4.90 Å². The summed E-state index contributed by atoms with van der Waals surface area (Å²) in [5.41, 5.74) is 5.05. The molecule has 2 aromatic rings. The number of aryl methyl sites for hydroxylation is 1. The highest BCUT2D eigenvalue weighted by Gasteiger charge is 2.37. The SMILES string of the molecule is Cc1ccccc1C1c2ccccc2CCN1C(=O)C1CCCO1. The maximum Gasteiger partial charge on any atom is 0.252 e. The second-order valence-corrected chi connectivity index (χ2v) is 6.74. The molecule has 0 N–H and O–H groups in total. The van der Waals surface area contributed by atoms with Gasteiger partial charge in [-0.1, -0.05) is 48.5 Å². The lowest BCUT2D eigenvalue weighted by molar-refractivity contribution is -0.143. The van der Waals surface area contributed by atoms with Crippen molar-refractivity contribution in [3.05, 3.63) is 70.8 Å². The molecule has 4 rings (SSSR count). The van der Waals surface area contributed by atoms with Gasteiger partial charge in [0.15, 0.2) is 0 Å². The van der Waals surface area contributed by atoms with Gasteiger partial charge in [0.05, 0.1) is 6.04 Å². The Morgan fingerprint density at radius 3 is 2.58 bits per heavy atom. The van der Waals surface area contributed by atoms with Crippen LogP contribution in [0.1, 0.15) is 41.1 Å². The van der Waals surface area contributed by atoms with Gasteiger partial charge in [-0.2, -0.15) is 0 Å². The minimum absolute atomic E-state index is 0.00662. The Morgan fingerprint density at radius 2 is 1.83 bits per heavy atom. The van der Waals surface area contributed by atoms with Crippen LogP contribution in [-0.4, -0.2) is 30.1 Å². The van der Waals surface area contributed by atoms with Gasteiger partial charge in [-0.15, -0.1) is 0 Å². The summed E-state index contributed by atoms with van der Waals surface area (Å²) in [6.45, 7) is 3.59. The van der Waals surface area contributed by atoms with Gasteiger partial charge >= 0.3 is 0 Å². The predicted molar refractivity (Wildman–Crippen MR) is 93.9 cm³/mol. The molecule has 2 unspecified atom stereocenters. The molecule has 2 aliphatic heterocycles. The molecule has 0 aliphatic carbocycles. The first-order valence-electron chi connectivity index (χ1n) is 8.81. The molecule has 2 aromatic carbocycles. The molecule has 24 heavy (non-hydrogen) atoms. The van der Waals surface area contributed by atoms with Gasteiger partial charge in [0.2, 0.25) is 0 Å². The third-order valence-electron chi connectivity index (χ3n) is 5.25. The normalized spacial score (nSPS) is 23.1. The Bertz CT molecular complexity index is 749. The Kier molecular flexibility index (Phi) is 4.11. The number of carbonyl (C=O) groups excluding carboxylic acids is 1. The van der Waals surface area contributed by atoms with Crippen molar-refractivity contribution in [1.82, 2.24) is 4.90 Å². The van der Waals surface area contributed by atoms with Gasteiger partial charge in [-0.05, 0) is 48.4 Å². The summed E-state index contributed by atoms with van der Waals surface area (Å²) < 4.78 is 5.68. The van der Waals surface area contributed by atoms with Gasteiger partial charge in [-0.25, -0.2) is 0 Å². The number of hydrogen-bond donors (Lipinski definition) is 0. The topological polar surface area (TPSA) is 29.5 Å². The Morgan fingerprint density at radius 1 is 1.08 bits per heavy atom. The van der Waals surface area contributed by atoms with E-state index in [9.17, 15) is 4.79 Å². The molecule has 0 spiro atoms. The second kappa shape index (κ2) is 6.40. The summed E-state index contributed by atoms with van der Waals surface area (Å²) in [6, 6.07) is 16.9. The van der Waals surface area contributed by atoms with Crippen molar-refractivity contribution in [1.29, 1.82) is 0 Å². The average Bonchev–Trinajstić information content (AvgIpc) is 3.15. The Labute approximate surface area is 143 Å². The molecule has 1 saturated heterocycles. The number of amides is 1. The maximum atomic E-state index is 13.1. The van der Waals surface area contributed by atoms with E-state index in [0.717, 1.165) is 25.8 Å². The first-order chi connectivity index (χ1) is 11.8. The van der Waals surface area contributed by atoms with Gasteiger partial charge in [0.1, 0.15) is 6.10 Å². The molecule has 2 heterocycles. The molecule has 0 aromatic heterocycles. The lowest BCUT2D eigenvalue weighted by Gasteiger charge is -2.39. The number of nitrogens with zero attached hydrogens (tertiary/aromatic N) is 1. The molecule has 0 bridgehead atoms. The molecular formula is C21H23NO2. The summed E-state index contributed by atoms with van der Waals surface area (Å²) in [5.74, 6) is 0.148.